The molecule has 0 atom stereocenters. The van der Waals surface area contributed by atoms with Gasteiger partial charge in [0.1, 0.15) is 0 Å². The van der Waals surface area contributed by atoms with E-state index in [0.717, 1.165) is 5.69 Å². The third-order valence-corrected chi connectivity index (χ3v) is 2.94. The molecule has 0 aliphatic heterocycles. The van der Waals surface area contributed by atoms with Crippen molar-refractivity contribution in [3.8, 4) is 0 Å². The summed E-state index contributed by atoms with van der Waals surface area (Å²) in [7, 11) is 0. The molecule has 0 fully saturated rings. The average Bonchev–Trinajstić information content (AvgIpc) is 2.45. The molecule has 0 aliphatic rings. The van der Waals surface area contributed by atoms with Crippen LogP contribution in [0.2, 0.25) is 0 Å². The number of aromatic nitrogens is 2. The number of hydrogen-bond acceptors (Lipinski definition) is 4. The van der Waals surface area contributed by atoms with Crippen LogP contribution in [0.5, 0.6) is 0 Å². The van der Waals surface area contributed by atoms with E-state index in [9.17, 15) is 4.39 Å². The minimum Gasteiger partial charge on any atom is -0.362 e. The fraction of sp³-hybridized carbons (Fsp3) is 0.375. The van der Waals surface area contributed by atoms with Crippen LogP contribution in [0.15, 0.2) is 36.7 Å². The van der Waals surface area contributed by atoms with Gasteiger partial charge < -0.3 is 10.6 Å². The van der Waals surface area contributed by atoms with Gasteiger partial charge in [-0.3, -0.25) is 4.98 Å². The molecule has 5 heteroatoms. The lowest BCUT2D eigenvalue weighted by atomic mass is 10.1. The summed E-state index contributed by atoms with van der Waals surface area (Å²) >= 11 is 0. The van der Waals surface area contributed by atoms with E-state index in [1.165, 1.54) is 0 Å². The summed E-state index contributed by atoms with van der Waals surface area (Å²) in [5.41, 5.74) is 1.39. The van der Waals surface area contributed by atoms with Crippen LogP contribution in [0.25, 0.3) is 0 Å². The fourth-order valence-corrected chi connectivity index (χ4v) is 1.78. The van der Waals surface area contributed by atoms with Gasteiger partial charge in [-0.25, -0.2) is 9.37 Å². The Bertz CT molecular complexity index is 579. The zero-order valence-electron chi connectivity index (χ0n) is 12.7. The van der Waals surface area contributed by atoms with Crippen LogP contribution < -0.4 is 10.6 Å². The highest BCUT2D eigenvalue weighted by atomic mass is 19.1. The zero-order valence-corrected chi connectivity index (χ0v) is 12.7. The van der Waals surface area contributed by atoms with Crippen LogP contribution in [0.3, 0.4) is 0 Å². The van der Waals surface area contributed by atoms with Crippen molar-refractivity contribution < 1.29 is 4.39 Å². The number of rotatable bonds is 5. The minimum atomic E-state index is -0.315. The minimum absolute atomic E-state index is 0.0583. The molecule has 0 unspecified atom stereocenters. The van der Waals surface area contributed by atoms with Gasteiger partial charge in [0.05, 0.1) is 12.2 Å². The lowest BCUT2D eigenvalue weighted by molar-refractivity contribution is 0.418. The first-order chi connectivity index (χ1) is 9.96. The Labute approximate surface area is 124 Å². The predicted octanol–water partition coefficient (Wildman–Crippen LogP) is 3.12. The van der Waals surface area contributed by atoms with Gasteiger partial charge in [0, 0.05) is 30.0 Å². The van der Waals surface area contributed by atoms with Crippen molar-refractivity contribution in [2.75, 3.05) is 5.32 Å². The highest BCUT2D eigenvalue weighted by Gasteiger charge is 2.13. The first-order valence-corrected chi connectivity index (χ1v) is 6.98. The van der Waals surface area contributed by atoms with Crippen LogP contribution in [0, 0.1) is 5.82 Å². The maximum Gasteiger partial charge on any atom is 0.169 e. The zero-order chi connectivity index (χ0) is 15.3. The van der Waals surface area contributed by atoms with Crippen LogP contribution >= 0.6 is 0 Å². The monoisotopic (exact) mass is 288 g/mol. The molecule has 2 aromatic heterocycles. The van der Waals surface area contributed by atoms with Crippen molar-refractivity contribution in [1.29, 1.82) is 0 Å². The van der Waals surface area contributed by atoms with E-state index in [0.29, 0.717) is 18.7 Å². The van der Waals surface area contributed by atoms with Crippen molar-refractivity contribution >= 4 is 5.82 Å². The van der Waals surface area contributed by atoms with E-state index in [1.54, 1.807) is 18.5 Å². The Morgan fingerprint density at radius 1 is 1.05 bits per heavy atom. The van der Waals surface area contributed by atoms with Crippen LogP contribution in [-0.4, -0.2) is 15.5 Å². The Hall–Kier alpha value is -2.01. The quantitative estimate of drug-likeness (QED) is 0.887. The van der Waals surface area contributed by atoms with Crippen molar-refractivity contribution in [3.63, 3.8) is 0 Å². The van der Waals surface area contributed by atoms with Crippen molar-refractivity contribution in [3.05, 3.63) is 53.7 Å². The first-order valence-electron chi connectivity index (χ1n) is 6.98. The van der Waals surface area contributed by atoms with E-state index >= 15 is 0 Å². The molecule has 0 aromatic carbocycles. The second kappa shape index (κ2) is 6.63. The van der Waals surface area contributed by atoms with Gasteiger partial charge in [-0.2, -0.15) is 0 Å². The van der Waals surface area contributed by atoms with Gasteiger partial charge in [-0.15, -0.1) is 0 Å². The SMILES string of the molecule is CC(C)(C)NCc1ccnc(NCc2ccccn2)c1F. The summed E-state index contributed by atoms with van der Waals surface area (Å²) in [5, 5.41) is 6.26. The summed E-state index contributed by atoms with van der Waals surface area (Å²) in [6.45, 7) is 7.06. The van der Waals surface area contributed by atoms with E-state index in [1.807, 2.05) is 39.0 Å². The molecule has 2 heterocycles. The Kier molecular flexibility index (Phi) is 4.85. The van der Waals surface area contributed by atoms with Gasteiger partial charge in [0.2, 0.25) is 0 Å². The molecule has 0 spiro atoms. The van der Waals surface area contributed by atoms with Gasteiger partial charge in [0.15, 0.2) is 11.6 Å². The Morgan fingerprint density at radius 2 is 1.86 bits per heavy atom. The molecule has 2 N–H and O–H groups in total. The van der Waals surface area contributed by atoms with Gasteiger partial charge in [-0.05, 0) is 39.0 Å². The summed E-state index contributed by atoms with van der Waals surface area (Å²) < 4.78 is 14.4. The van der Waals surface area contributed by atoms with Gasteiger partial charge in [0.25, 0.3) is 0 Å². The predicted molar refractivity (Wildman–Crippen MR) is 82.4 cm³/mol. The third kappa shape index (κ3) is 4.79. The number of hydrogen-bond donors (Lipinski definition) is 2. The van der Waals surface area contributed by atoms with Crippen LogP contribution in [0.1, 0.15) is 32.0 Å². The van der Waals surface area contributed by atoms with Crippen LogP contribution in [0.4, 0.5) is 10.2 Å². The van der Waals surface area contributed by atoms with E-state index in [-0.39, 0.29) is 17.2 Å². The summed E-state index contributed by atoms with van der Waals surface area (Å²) in [5.74, 6) is -0.0564. The van der Waals surface area contributed by atoms with Crippen molar-refractivity contribution in [1.82, 2.24) is 15.3 Å². The number of pyridine rings is 2. The fourth-order valence-electron chi connectivity index (χ4n) is 1.78. The number of anilines is 1. The highest BCUT2D eigenvalue weighted by molar-refractivity contribution is 5.40. The number of nitrogens with zero attached hydrogens (tertiary/aromatic N) is 2. The topological polar surface area (TPSA) is 49.8 Å². The van der Waals surface area contributed by atoms with Gasteiger partial charge in [-0.1, -0.05) is 6.07 Å². The largest absolute Gasteiger partial charge is 0.362 e. The van der Waals surface area contributed by atoms with E-state index in [2.05, 4.69) is 20.6 Å². The van der Waals surface area contributed by atoms with Crippen molar-refractivity contribution in [2.45, 2.75) is 39.4 Å². The Balaban J connectivity index is 2.03. The molecule has 0 saturated carbocycles. The molecule has 0 radical (unpaired) electrons. The molecular formula is C16H21FN4. The third-order valence-electron chi connectivity index (χ3n) is 2.94. The molecule has 0 saturated heterocycles. The lowest BCUT2D eigenvalue weighted by Gasteiger charge is -2.21. The lowest BCUT2D eigenvalue weighted by Crippen LogP contribution is -2.35. The molecule has 0 aliphatic carbocycles. The second-order valence-corrected chi connectivity index (χ2v) is 5.91. The van der Waals surface area contributed by atoms with E-state index < -0.39 is 0 Å². The first kappa shape index (κ1) is 15.4. The average molecular weight is 288 g/mol. The smallest absolute Gasteiger partial charge is 0.169 e. The summed E-state index contributed by atoms with van der Waals surface area (Å²) in [6, 6.07) is 7.33. The molecule has 2 rings (SSSR count). The second-order valence-electron chi connectivity index (χ2n) is 5.91. The van der Waals surface area contributed by atoms with E-state index in [4.69, 9.17) is 0 Å². The normalized spacial score (nSPS) is 11.4. The summed E-state index contributed by atoms with van der Waals surface area (Å²) in [4.78, 5) is 8.25. The molecular weight excluding hydrogens is 267 g/mol. The molecule has 21 heavy (non-hydrogen) atoms. The van der Waals surface area contributed by atoms with Crippen molar-refractivity contribution in [2.24, 2.45) is 0 Å². The standard InChI is InChI=1S/C16H21FN4/c1-16(2,3)21-10-12-7-9-19-15(14(12)17)20-11-13-6-4-5-8-18-13/h4-9,21H,10-11H2,1-3H3,(H,19,20). The highest BCUT2D eigenvalue weighted by Crippen LogP contribution is 2.16. The molecule has 112 valence electrons. The molecule has 0 amide bonds. The van der Waals surface area contributed by atoms with Crippen LogP contribution in [-0.2, 0) is 13.1 Å². The van der Waals surface area contributed by atoms with Gasteiger partial charge >= 0.3 is 0 Å². The molecule has 4 nitrogen and oxygen atoms in total. The maximum atomic E-state index is 14.4. The maximum absolute atomic E-state index is 14.4. The molecule has 0 bridgehead atoms. The summed E-state index contributed by atoms with van der Waals surface area (Å²) in [6.07, 6.45) is 3.33. The Morgan fingerprint density at radius 3 is 2.52 bits per heavy atom. The molecule has 2 aromatic rings. The number of halogens is 1. The number of nitrogens with one attached hydrogen (secondary N) is 2.